The second kappa shape index (κ2) is 6.29. The Morgan fingerprint density at radius 2 is 2.00 bits per heavy atom. The predicted octanol–water partition coefficient (Wildman–Crippen LogP) is 1.32. The van der Waals surface area contributed by atoms with Gasteiger partial charge in [-0.05, 0) is 32.9 Å². The Bertz CT molecular complexity index is 471. The molecular formula is C13H18N2O4. The lowest BCUT2D eigenvalue weighted by Crippen LogP contribution is -2.40. The maximum absolute atomic E-state index is 11.8. The standard InChI is InChI=1S/C13H18N2O4/c1-4-19-13(2,3)8-14-11(16)9-6-5-7-10(15-9)12(17)18/h5-7H,4,8H2,1-3H3,(H,14,16)(H,17,18). The van der Waals surface area contributed by atoms with Crippen molar-refractivity contribution in [2.24, 2.45) is 0 Å². The van der Waals surface area contributed by atoms with Crippen molar-refractivity contribution in [2.75, 3.05) is 13.2 Å². The van der Waals surface area contributed by atoms with Crippen LogP contribution >= 0.6 is 0 Å². The number of carboxylic acid groups (broad SMARTS) is 1. The van der Waals surface area contributed by atoms with Gasteiger partial charge in [-0.15, -0.1) is 0 Å². The maximum Gasteiger partial charge on any atom is 0.354 e. The van der Waals surface area contributed by atoms with E-state index in [1.54, 1.807) is 0 Å². The van der Waals surface area contributed by atoms with Gasteiger partial charge in [0.1, 0.15) is 11.4 Å². The number of aromatic nitrogens is 1. The van der Waals surface area contributed by atoms with Crippen LogP contribution in [0.5, 0.6) is 0 Å². The van der Waals surface area contributed by atoms with Crippen LogP contribution in [0.15, 0.2) is 18.2 Å². The SMILES string of the molecule is CCOC(C)(C)CNC(=O)c1cccc(C(=O)O)n1. The molecule has 1 rings (SSSR count). The summed E-state index contributed by atoms with van der Waals surface area (Å²) in [5, 5.41) is 11.5. The molecule has 0 aliphatic rings. The molecular weight excluding hydrogens is 248 g/mol. The lowest BCUT2D eigenvalue weighted by Gasteiger charge is -2.24. The number of ether oxygens (including phenoxy) is 1. The number of aromatic carboxylic acids is 1. The molecule has 0 bridgehead atoms. The summed E-state index contributed by atoms with van der Waals surface area (Å²) in [4.78, 5) is 26.4. The van der Waals surface area contributed by atoms with Crippen molar-refractivity contribution in [2.45, 2.75) is 26.4 Å². The van der Waals surface area contributed by atoms with E-state index in [0.717, 1.165) is 0 Å². The number of nitrogens with one attached hydrogen (secondary N) is 1. The fourth-order valence-corrected chi connectivity index (χ4v) is 1.51. The zero-order valence-corrected chi connectivity index (χ0v) is 11.3. The molecule has 0 aliphatic carbocycles. The topological polar surface area (TPSA) is 88.5 Å². The van der Waals surface area contributed by atoms with E-state index in [1.807, 2.05) is 20.8 Å². The predicted molar refractivity (Wildman–Crippen MR) is 69.2 cm³/mol. The summed E-state index contributed by atoms with van der Waals surface area (Å²) in [7, 11) is 0. The third-order valence-corrected chi connectivity index (χ3v) is 2.41. The van der Waals surface area contributed by atoms with Gasteiger partial charge in [-0.25, -0.2) is 9.78 Å². The number of pyridine rings is 1. The number of carbonyl (C=O) groups is 2. The number of hydrogen-bond acceptors (Lipinski definition) is 4. The molecule has 0 aromatic carbocycles. The van der Waals surface area contributed by atoms with Crippen LogP contribution in [0.3, 0.4) is 0 Å². The quantitative estimate of drug-likeness (QED) is 0.810. The largest absolute Gasteiger partial charge is 0.477 e. The van der Waals surface area contributed by atoms with Gasteiger partial charge in [-0.2, -0.15) is 0 Å². The molecule has 0 spiro atoms. The highest BCUT2D eigenvalue weighted by Gasteiger charge is 2.19. The average Bonchev–Trinajstić information content (AvgIpc) is 2.36. The van der Waals surface area contributed by atoms with E-state index >= 15 is 0 Å². The van der Waals surface area contributed by atoms with Gasteiger partial charge in [-0.1, -0.05) is 6.07 Å². The Hall–Kier alpha value is -1.95. The fourth-order valence-electron chi connectivity index (χ4n) is 1.51. The molecule has 2 N–H and O–H groups in total. The van der Waals surface area contributed by atoms with Crippen molar-refractivity contribution >= 4 is 11.9 Å². The Labute approximate surface area is 111 Å². The second-order valence-corrected chi connectivity index (χ2v) is 4.59. The van der Waals surface area contributed by atoms with Crippen molar-refractivity contribution < 1.29 is 19.4 Å². The minimum atomic E-state index is -1.16. The first-order chi connectivity index (χ1) is 8.85. The summed E-state index contributed by atoms with van der Waals surface area (Å²) in [6.07, 6.45) is 0. The molecule has 1 heterocycles. The van der Waals surface area contributed by atoms with Crippen LogP contribution in [0.25, 0.3) is 0 Å². The number of rotatable bonds is 6. The second-order valence-electron chi connectivity index (χ2n) is 4.59. The molecule has 1 amide bonds. The van der Waals surface area contributed by atoms with Gasteiger partial charge in [0, 0.05) is 13.2 Å². The molecule has 0 radical (unpaired) electrons. The van der Waals surface area contributed by atoms with Crippen molar-refractivity contribution in [3.8, 4) is 0 Å². The Morgan fingerprint density at radius 1 is 1.37 bits per heavy atom. The van der Waals surface area contributed by atoms with Gasteiger partial charge in [0.25, 0.3) is 5.91 Å². The van der Waals surface area contributed by atoms with E-state index in [9.17, 15) is 9.59 Å². The van der Waals surface area contributed by atoms with Crippen LogP contribution in [-0.2, 0) is 4.74 Å². The molecule has 0 atom stereocenters. The molecule has 0 fully saturated rings. The van der Waals surface area contributed by atoms with Gasteiger partial charge in [0.15, 0.2) is 0 Å². The van der Waals surface area contributed by atoms with Crippen molar-refractivity contribution in [3.63, 3.8) is 0 Å². The minimum Gasteiger partial charge on any atom is -0.477 e. The zero-order chi connectivity index (χ0) is 14.5. The number of carbonyl (C=O) groups excluding carboxylic acids is 1. The number of carboxylic acids is 1. The Morgan fingerprint density at radius 3 is 2.58 bits per heavy atom. The highest BCUT2D eigenvalue weighted by molar-refractivity contribution is 5.94. The van der Waals surface area contributed by atoms with Gasteiger partial charge < -0.3 is 15.2 Å². The van der Waals surface area contributed by atoms with Crippen LogP contribution in [-0.4, -0.2) is 40.7 Å². The van der Waals surface area contributed by atoms with E-state index in [1.165, 1.54) is 18.2 Å². The van der Waals surface area contributed by atoms with Crippen LogP contribution in [0.4, 0.5) is 0 Å². The minimum absolute atomic E-state index is 0.0761. The number of amides is 1. The first-order valence-corrected chi connectivity index (χ1v) is 5.98. The lowest BCUT2D eigenvalue weighted by molar-refractivity contribution is -0.00819. The molecule has 0 unspecified atom stereocenters. The summed E-state index contributed by atoms with van der Waals surface area (Å²) in [6, 6.07) is 4.29. The molecule has 0 saturated heterocycles. The summed E-state index contributed by atoms with van der Waals surface area (Å²) >= 11 is 0. The highest BCUT2D eigenvalue weighted by atomic mass is 16.5. The Kier molecular flexibility index (Phi) is 5.00. The molecule has 1 aromatic rings. The van der Waals surface area contributed by atoms with Gasteiger partial charge in [0.2, 0.25) is 0 Å². The summed E-state index contributed by atoms with van der Waals surface area (Å²) < 4.78 is 5.45. The van der Waals surface area contributed by atoms with Gasteiger partial charge in [-0.3, -0.25) is 4.79 Å². The number of nitrogens with zero attached hydrogens (tertiary/aromatic N) is 1. The first-order valence-electron chi connectivity index (χ1n) is 5.98. The van der Waals surface area contributed by atoms with E-state index in [0.29, 0.717) is 13.2 Å². The van der Waals surface area contributed by atoms with Crippen LogP contribution in [0.2, 0.25) is 0 Å². The summed E-state index contributed by atoms with van der Waals surface area (Å²) in [6.45, 7) is 6.46. The normalized spacial score (nSPS) is 11.1. The van der Waals surface area contributed by atoms with Crippen molar-refractivity contribution in [1.29, 1.82) is 0 Å². The monoisotopic (exact) mass is 266 g/mol. The van der Waals surface area contributed by atoms with Crippen LogP contribution in [0, 0.1) is 0 Å². The lowest BCUT2D eigenvalue weighted by atomic mass is 10.1. The van der Waals surface area contributed by atoms with Crippen LogP contribution in [0.1, 0.15) is 41.7 Å². The molecule has 6 heteroatoms. The molecule has 0 saturated carbocycles. The molecule has 104 valence electrons. The van der Waals surface area contributed by atoms with Crippen molar-refractivity contribution in [3.05, 3.63) is 29.6 Å². The van der Waals surface area contributed by atoms with E-state index in [2.05, 4.69) is 10.3 Å². The summed E-state index contributed by atoms with van der Waals surface area (Å²) in [5.74, 6) is -1.58. The third kappa shape index (κ3) is 4.67. The molecule has 0 aliphatic heterocycles. The van der Waals surface area contributed by atoms with E-state index in [-0.39, 0.29) is 11.4 Å². The van der Waals surface area contributed by atoms with Gasteiger partial charge >= 0.3 is 5.97 Å². The first kappa shape index (κ1) is 15.1. The molecule has 19 heavy (non-hydrogen) atoms. The smallest absolute Gasteiger partial charge is 0.354 e. The summed E-state index contributed by atoms with van der Waals surface area (Å²) in [5.41, 5.74) is -0.557. The highest BCUT2D eigenvalue weighted by Crippen LogP contribution is 2.07. The molecule has 1 aromatic heterocycles. The average molecular weight is 266 g/mol. The Balaban J connectivity index is 2.68. The van der Waals surface area contributed by atoms with E-state index in [4.69, 9.17) is 9.84 Å². The third-order valence-electron chi connectivity index (χ3n) is 2.41. The maximum atomic E-state index is 11.8. The molecule has 6 nitrogen and oxygen atoms in total. The fraction of sp³-hybridized carbons (Fsp3) is 0.462. The zero-order valence-electron chi connectivity index (χ0n) is 11.3. The van der Waals surface area contributed by atoms with Crippen LogP contribution < -0.4 is 5.32 Å². The van der Waals surface area contributed by atoms with Crippen molar-refractivity contribution in [1.82, 2.24) is 10.3 Å². The number of hydrogen-bond donors (Lipinski definition) is 2. The van der Waals surface area contributed by atoms with E-state index < -0.39 is 17.5 Å². The van der Waals surface area contributed by atoms with Gasteiger partial charge in [0.05, 0.1) is 5.60 Å².